The van der Waals surface area contributed by atoms with Crippen molar-refractivity contribution in [3.05, 3.63) is 34.7 Å². The van der Waals surface area contributed by atoms with Crippen molar-refractivity contribution in [3.63, 3.8) is 0 Å². The molecule has 0 bridgehead atoms. The van der Waals surface area contributed by atoms with Crippen molar-refractivity contribution in [3.8, 4) is 0 Å². The van der Waals surface area contributed by atoms with Crippen molar-refractivity contribution in [1.29, 1.82) is 0 Å². The molecular weight excluding hydrogens is 280 g/mol. The lowest BCUT2D eigenvalue weighted by Crippen LogP contribution is -2.23. The summed E-state index contributed by atoms with van der Waals surface area (Å²) in [7, 11) is 0. The van der Waals surface area contributed by atoms with Gasteiger partial charge in [0.2, 0.25) is 0 Å². The fraction of sp³-hybridized carbons (Fsp3) is 0.667. The number of fused-ring (bicyclic) bond motifs is 1. The van der Waals surface area contributed by atoms with E-state index in [2.05, 4.69) is 57.1 Å². The summed E-state index contributed by atoms with van der Waals surface area (Å²) in [6, 6.07) is 0. The Hall–Kier alpha value is -1.31. The molecule has 0 saturated heterocycles. The van der Waals surface area contributed by atoms with E-state index < -0.39 is 0 Å². The van der Waals surface area contributed by atoms with E-state index in [4.69, 9.17) is 0 Å². The van der Waals surface area contributed by atoms with Crippen LogP contribution in [-0.4, -0.2) is 12.8 Å². The lowest BCUT2D eigenvalue weighted by molar-refractivity contribution is 0.223. The predicted octanol–water partition coefficient (Wildman–Crippen LogP) is 5.25. The van der Waals surface area contributed by atoms with E-state index in [9.17, 15) is 0 Å². The molecule has 0 spiro atoms. The first kappa shape index (κ1) is 16.5. The monoisotopic (exact) mass is 312 g/mol. The first-order chi connectivity index (χ1) is 10.9. The highest BCUT2D eigenvalue weighted by Crippen LogP contribution is 2.58. The van der Waals surface area contributed by atoms with Crippen LogP contribution in [0.4, 0.5) is 0 Å². The maximum absolute atomic E-state index is 4.51. The SMILES string of the molecule is CCCC1C(C)C2CC3=C(C=C2C1(C)C)N/C(C)=C/C=N\CC3. The predicted molar refractivity (Wildman–Crippen MR) is 99.4 cm³/mol. The molecule has 1 aliphatic heterocycles. The molecule has 2 heteroatoms. The average molecular weight is 313 g/mol. The van der Waals surface area contributed by atoms with Gasteiger partial charge in [-0.25, -0.2) is 0 Å². The second-order valence-electron chi connectivity index (χ2n) is 8.18. The molecule has 3 rings (SSSR count). The van der Waals surface area contributed by atoms with Gasteiger partial charge in [0.25, 0.3) is 0 Å². The van der Waals surface area contributed by atoms with E-state index in [0.29, 0.717) is 5.41 Å². The highest BCUT2D eigenvalue weighted by Gasteiger charge is 2.50. The average Bonchev–Trinajstić information content (AvgIpc) is 2.73. The van der Waals surface area contributed by atoms with E-state index >= 15 is 0 Å². The van der Waals surface area contributed by atoms with Crippen molar-refractivity contribution >= 4 is 6.21 Å². The quantitative estimate of drug-likeness (QED) is 0.740. The van der Waals surface area contributed by atoms with Crippen LogP contribution in [0.15, 0.2) is 39.7 Å². The normalized spacial score (nSPS) is 36.5. The van der Waals surface area contributed by atoms with Gasteiger partial charge in [0.1, 0.15) is 0 Å². The molecular formula is C21H32N2. The third-order valence-electron chi connectivity index (χ3n) is 6.39. The number of nitrogens with zero attached hydrogens (tertiary/aromatic N) is 1. The van der Waals surface area contributed by atoms with Gasteiger partial charge in [-0.1, -0.05) is 39.7 Å². The molecule has 0 radical (unpaired) electrons. The van der Waals surface area contributed by atoms with Crippen LogP contribution >= 0.6 is 0 Å². The highest BCUT2D eigenvalue weighted by atomic mass is 14.9. The molecule has 1 N–H and O–H groups in total. The van der Waals surface area contributed by atoms with E-state index in [1.54, 1.807) is 11.1 Å². The Morgan fingerprint density at radius 3 is 2.87 bits per heavy atom. The summed E-state index contributed by atoms with van der Waals surface area (Å²) >= 11 is 0. The molecule has 0 aromatic rings. The van der Waals surface area contributed by atoms with Gasteiger partial charge in [0, 0.05) is 24.2 Å². The van der Waals surface area contributed by atoms with Gasteiger partial charge in [-0.2, -0.15) is 0 Å². The molecule has 3 aliphatic rings. The number of nitrogens with one attached hydrogen (secondary N) is 1. The van der Waals surface area contributed by atoms with Crippen LogP contribution in [0.5, 0.6) is 0 Å². The maximum Gasteiger partial charge on any atom is 0.0427 e. The van der Waals surface area contributed by atoms with Gasteiger partial charge in [0.15, 0.2) is 0 Å². The summed E-state index contributed by atoms with van der Waals surface area (Å²) < 4.78 is 0. The molecule has 3 atom stereocenters. The lowest BCUT2D eigenvalue weighted by Gasteiger charge is -2.32. The van der Waals surface area contributed by atoms with E-state index in [1.165, 1.54) is 30.7 Å². The first-order valence-electron chi connectivity index (χ1n) is 9.33. The summed E-state index contributed by atoms with van der Waals surface area (Å²) in [6.07, 6.45) is 11.5. The van der Waals surface area contributed by atoms with Crippen LogP contribution in [-0.2, 0) is 0 Å². The third kappa shape index (κ3) is 2.93. The van der Waals surface area contributed by atoms with Gasteiger partial charge in [-0.3, -0.25) is 4.99 Å². The standard InChI is InChI=1S/C21H32N2/c1-6-7-18-15(3)17-12-16-9-11-22-10-8-14(2)23-20(16)13-19(17)21(18,4)5/h8,10,13,15,17-18,23H,6-7,9,11-12H2,1-5H3/b14-8+,22-10-. The summed E-state index contributed by atoms with van der Waals surface area (Å²) in [5.41, 5.74) is 6.13. The maximum atomic E-state index is 4.51. The molecule has 3 unspecified atom stereocenters. The zero-order valence-electron chi connectivity index (χ0n) is 15.4. The molecule has 23 heavy (non-hydrogen) atoms. The number of hydrogen-bond acceptors (Lipinski definition) is 2. The lowest BCUT2D eigenvalue weighted by atomic mass is 9.74. The molecule has 2 aliphatic carbocycles. The van der Waals surface area contributed by atoms with Gasteiger partial charge in [-0.05, 0) is 67.1 Å². The van der Waals surface area contributed by atoms with Crippen LogP contribution < -0.4 is 5.32 Å². The van der Waals surface area contributed by atoms with Crippen molar-refractivity contribution in [2.24, 2.45) is 28.2 Å². The Bertz CT molecular complexity index is 589. The Labute approximate surface area is 141 Å². The van der Waals surface area contributed by atoms with Crippen LogP contribution in [0.1, 0.15) is 60.3 Å². The minimum Gasteiger partial charge on any atom is -0.359 e. The molecule has 1 saturated carbocycles. The van der Waals surface area contributed by atoms with Crippen molar-refractivity contribution in [2.75, 3.05) is 6.54 Å². The fourth-order valence-electron chi connectivity index (χ4n) is 5.12. The second-order valence-corrected chi connectivity index (χ2v) is 8.18. The Morgan fingerprint density at radius 1 is 1.35 bits per heavy atom. The summed E-state index contributed by atoms with van der Waals surface area (Å²) in [4.78, 5) is 4.51. The zero-order valence-corrected chi connectivity index (χ0v) is 15.4. The van der Waals surface area contributed by atoms with E-state index in [1.807, 2.05) is 6.21 Å². The minimum atomic E-state index is 0.326. The molecule has 1 heterocycles. The Morgan fingerprint density at radius 2 is 2.13 bits per heavy atom. The van der Waals surface area contributed by atoms with Crippen LogP contribution in [0, 0.1) is 23.2 Å². The molecule has 1 fully saturated rings. The zero-order chi connectivity index (χ0) is 16.6. The largest absolute Gasteiger partial charge is 0.359 e. The Kier molecular flexibility index (Phi) is 4.53. The first-order valence-corrected chi connectivity index (χ1v) is 9.33. The van der Waals surface area contributed by atoms with Crippen molar-refractivity contribution < 1.29 is 0 Å². The topological polar surface area (TPSA) is 24.4 Å². The van der Waals surface area contributed by atoms with Gasteiger partial charge < -0.3 is 5.32 Å². The van der Waals surface area contributed by atoms with Crippen LogP contribution in [0.2, 0.25) is 0 Å². The number of allylic oxidation sites excluding steroid dienone is 4. The summed E-state index contributed by atoms with van der Waals surface area (Å²) in [5.74, 6) is 2.33. The number of rotatable bonds is 2. The molecule has 0 amide bonds. The van der Waals surface area contributed by atoms with Crippen molar-refractivity contribution in [2.45, 2.75) is 60.3 Å². The fourth-order valence-corrected chi connectivity index (χ4v) is 5.12. The molecule has 126 valence electrons. The number of hydrogen-bond donors (Lipinski definition) is 1. The number of aliphatic imine (C=N–C) groups is 1. The van der Waals surface area contributed by atoms with E-state index in [-0.39, 0.29) is 0 Å². The van der Waals surface area contributed by atoms with E-state index in [0.717, 1.165) is 30.7 Å². The second kappa shape index (κ2) is 6.30. The molecule has 0 aromatic carbocycles. The smallest absolute Gasteiger partial charge is 0.0427 e. The van der Waals surface area contributed by atoms with Crippen LogP contribution in [0.25, 0.3) is 0 Å². The Balaban J connectivity index is 1.97. The highest BCUT2D eigenvalue weighted by molar-refractivity contribution is 5.72. The minimum absolute atomic E-state index is 0.326. The van der Waals surface area contributed by atoms with Gasteiger partial charge >= 0.3 is 0 Å². The molecule has 2 nitrogen and oxygen atoms in total. The summed E-state index contributed by atoms with van der Waals surface area (Å²) in [5, 5.41) is 3.65. The van der Waals surface area contributed by atoms with Gasteiger partial charge in [0.05, 0.1) is 0 Å². The van der Waals surface area contributed by atoms with Crippen LogP contribution in [0.3, 0.4) is 0 Å². The third-order valence-corrected chi connectivity index (χ3v) is 6.39. The van der Waals surface area contributed by atoms with Crippen molar-refractivity contribution in [1.82, 2.24) is 5.32 Å². The van der Waals surface area contributed by atoms with Gasteiger partial charge in [-0.15, -0.1) is 0 Å². The molecule has 0 aromatic heterocycles. The summed E-state index contributed by atoms with van der Waals surface area (Å²) in [6.45, 7) is 12.8.